The van der Waals surface area contributed by atoms with E-state index < -0.39 is 0 Å². The van der Waals surface area contributed by atoms with Crippen LogP contribution in [0.3, 0.4) is 0 Å². The predicted molar refractivity (Wildman–Crippen MR) is 54.5 cm³/mol. The molecule has 1 aliphatic heterocycles. The van der Waals surface area contributed by atoms with E-state index in [9.17, 15) is 0 Å². The summed E-state index contributed by atoms with van der Waals surface area (Å²) in [4.78, 5) is 8.16. The van der Waals surface area contributed by atoms with Crippen molar-refractivity contribution >= 4 is 17.5 Å². The number of hydrogen-bond donors (Lipinski definition) is 1. The number of anilines is 1. The fourth-order valence-electron chi connectivity index (χ4n) is 1.43. The zero-order valence-corrected chi connectivity index (χ0v) is 8.50. The fraction of sp³-hybridized carbons (Fsp3) is 0.556. The first-order valence-corrected chi connectivity index (χ1v) is 5.05. The van der Waals surface area contributed by atoms with Crippen LogP contribution in [0.1, 0.15) is 12.8 Å². The Bertz CT molecular complexity index is 302. The lowest BCUT2D eigenvalue weighted by Gasteiger charge is -2.22. The Kier molecular flexibility index (Phi) is 3.16. The van der Waals surface area contributed by atoms with Crippen LogP contribution in [0.15, 0.2) is 12.3 Å². The van der Waals surface area contributed by atoms with E-state index in [2.05, 4.69) is 15.3 Å². The molecule has 1 aromatic heterocycles. The van der Waals surface area contributed by atoms with Gasteiger partial charge in [0, 0.05) is 25.5 Å². The molecular formula is C9H12ClN3O. The molecule has 1 aromatic rings. The summed E-state index contributed by atoms with van der Waals surface area (Å²) in [6.07, 6.45) is 3.64. The molecular weight excluding hydrogens is 202 g/mol. The number of nitrogens with zero attached hydrogens (tertiary/aromatic N) is 2. The second kappa shape index (κ2) is 4.57. The summed E-state index contributed by atoms with van der Waals surface area (Å²) in [7, 11) is 0. The summed E-state index contributed by atoms with van der Waals surface area (Å²) in [6, 6.07) is 2.07. The van der Waals surface area contributed by atoms with E-state index in [0.29, 0.717) is 17.1 Å². The predicted octanol–water partition coefficient (Wildman–Crippen LogP) is 1.72. The molecule has 0 unspecified atom stereocenters. The van der Waals surface area contributed by atoms with Gasteiger partial charge in [-0.15, -0.1) is 0 Å². The quantitative estimate of drug-likeness (QED) is 0.760. The van der Waals surface area contributed by atoms with Gasteiger partial charge in [-0.05, 0) is 18.9 Å². The smallest absolute Gasteiger partial charge is 0.224 e. The number of hydrogen-bond acceptors (Lipinski definition) is 4. The summed E-state index contributed by atoms with van der Waals surface area (Å²) in [6.45, 7) is 1.61. The highest BCUT2D eigenvalue weighted by Gasteiger charge is 2.14. The van der Waals surface area contributed by atoms with E-state index in [1.165, 1.54) is 0 Å². The molecule has 1 N–H and O–H groups in total. The van der Waals surface area contributed by atoms with E-state index in [1.54, 1.807) is 12.3 Å². The third kappa shape index (κ3) is 2.56. The first-order valence-electron chi connectivity index (χ1n) is 4.67. The van der Waals surface area contributed by atoms with Gasteiger partial charge < -0.3 is 10.1 Å². The topological polar surface area (TPSA) is 47.0 Å². The van der Waals surface area contributed by atoms with Crippen molar-refractivity contribution in [3.8, 4) is 0 Å². The van der Waals surface area contributed by atoms with Crippen molar-refractivity contribution in [1.29, 1.82) is 0 Å². The number of rotatable bonds is 2. The van der Waals surface area contributed by atoms with Crippen LogP contribution in [-0.4, -0.2) is 29.2 Å². The second-order valence-corrected chi connectivity index (χ2v) is 3.62. The highest BCUT2D eigenvalue weighted by atomic mass is 35.5. The average Bonchev–Trinajstić information content (AvgIpc) is 2.19. The van der Waals surface area contributed by atoms with E-state index in [-0.39, 0.29) is 0 Å². The van der Waals surface area contributed by atoms with Crippen LogP contribution >= 0.6 is 11.6 Å². The van der Waals surface area contributed by atoms with Crippen molar-refractivity contribution in [2.75, 3.05) is 18.5 Å². The molecule has 1 saturated heterocycles. The molecule has 4 nitrogen and oxygen atoms in total. The highest BCUT2D eigenvalue weighted by Crippen LogP contribution is 2.12. The number of aromatic nitrogens is 2. The van der Waals surface area contributed by atoms with E-state index >= 15 is 0 Å². The average molecular weight is 214 g/mol. The van der Waals surface area contributed by atoms with Crippen LogP contribution in [0.2, 0.25) is 5.15 Å². The summed E-state index contributed by atoms with van der Waals surface area (Å²) in [5.74, 6) is 0.601. The molecule has 0 atom stereocenters. The van der Waals surface area contributed by atoms with E-state index in [1.807, 2.05) is 0 Å². The molecule has 14 heavy (non-hydrogen) atoms. The molecule has 76 valence electrons. The van der Waals surface area contributed by atoms with Gasteiger partial charge in [0.05, 0.1) is 0 Å². The molecule has 0 amide bonds. The van der Waals surface area contributed by atoms with Crippen molar-refractivity contribution in [2.45, 2.75) is 18.9 Å². The lowest BCUT2D eigenvalue weighted by molar-refractivity contribution is 0.0903. The van der Waals surface area contributed by atoms with Crippen molar-refractivity contribution in [3.05, 3.63) is 17.4 Å². The van der Waals surface area contributed by atoms with Gasteiger partial charge in [0.15, 0.2) is 0 Å². The highest BCUT2D eigenvalue weighted by molar-refractivity contribution is 6.29. The molecule has 2 rings (SSSR count). The van der Waals surface area contributed by atoms with Crippen molar-refractivity contribution in [1.82, 2.24) is 9.97 Å². The van der Waals surface area contributed by atoms with Gasteiger partial charge in [0.25, 0.3) is 0 Å². The van der Waals surface area contributed by atoms with Crippen molar-refractivity contribution in [2.24, 2.45) is 0 Å². The summed E-state index contributed by atoms with van der Waals surface area (Å²) < 4.78 is 5.25. The van der Waals surface area contributed by atoms with Crippen LogP contribution in [-0.2, 0) is 4.74 Å². The first kappa shape index (κ1) is 9.68. The molecule has 0 bridgehead atoms. The Balaban J connectivity index is 1.95. The number of halogens is 1. The van der Waals surface area contributed by atoms with Crippen LogP contribution < -0.4 is 5.32 Å². The zero-order chi connectivity index (χ0) is 9.80. The van der Waals surface area contributed by atoms with Crippen LogP contribution in [0, 0.1) is 0 Å². The minimum absolute atomic E-state index is 0.405. The number of nitrogens with one attached hydrogen (secondary N) is 1. The molecule has 0 spiro atoms. The van der Waals surface area contributed by atoms with Crippen LogP contribution in [0.4, 0.5) is 5.95 Å². The maximum atomic E-state index is 5.75. The van der Waals surface area contributed by atoms with Gasteiger partial charge in [-0.1, -0.05) is 11.6 Å². The summed E-state index contributed by atoms with van der Waals surface area (Å²) in [5.41, 5.74) is 0. The Hall–Kier alpha value is -0.870. The monoisotopic (exact) mass is 213 g/mol. The fourth-order valence-corrected chi connectivity index (χ4v) is 1.57. The molecule has 0 aromatic carbocycles. The van der Waals surface area contributed by atoms with Crippen molar-refractivity contribution < 1.29 is 4.74 Å². The molecule has 1 fully saturated rings. The molecule has 1 aliphatic rings. The van der Waals surface area contributed by atoms with Crippen LogP contribution in [0.25, 0.3) is 0 Å². The Morgan fingerprint density at radius 1 is 1.43 bits per heavy atom. The minimum atomic E-state index is 0.405. The zero-order valence-electron chi connectivity index (χ0n) is 7.74. The van der Waals surface area contributed by atoms with Gasteiger partial charge >= 0.3 is 0 Å². The van der Waals surface area contributed by atoms with Gasteiger partial charge in [-0.3, -0.25) is 0 Å². The maximum Gasteiger partial charge on any atom is 0.224 e. The Morgan fingerprint density at radius 3 is 2.93 bits per heavy atom. The lowest BCUT2D eigenvalue weighted by atomic mass is 10.1. The van der Waals surface area contributed by atoms with Crippen molar-refractivity contribution in [3.63, 3.8) is 0 Å². The summed E-state index contributed by atoms with van der Waals surface area (Å²) in [5, 5.41) is 3.70. The summed E-state index contributed by atoms with van der Waals surface area (Å²) >= 11 is 5.75. The molecule has 2 heterocycles. The van der Waals surface area contributed by atoms with E-state index in [0.717, 1.165) is 26.1 Å². The molecule has 0 radical (unpaired) electrons. The minimum Gasteiger partial charge on any atom is -0.381 e. The molecule has 5 heteroatoms. The number of ether oxygens (including phenoxy) is 1. The van der Waals surface area contributed by atoms with Crippen LogP contribution in [0.5, 0.6) is 0 Å². The first-order chi connectivity index (χ1) is 6.84. The van der Waals surface area contributed by atoms with Gasteiger partial charge in [-0.25, -0.2) is 9.97 Å². The standard InChI is InChI=1S/C9H12ClN3O/c10-8-1-4-11-9(13-8)12-7-2-5-14-6-3-7/h1,4,7H,2-3,5-6H2,(H,11,12,13). The molecule has 0 aliphatic carbocycles. The normalized spacial score (nSPS) is 18.1. The van der Waals surface area contributed by atoms with Gasteiger partial charge in [-0.2, -0.15) is 0 Å². The Labute approximate surface area is 87.7 Å². The van der Waals surface area contributed by atoms with Gasteiger partial charge in [0.2, 0.25) is 5.95 Å². The largest absolute Gasteiger partial charge is 0.381 e. The second-order valence-electron chi connectivity index (χ2n) is 3.23. The third-order valence-corrected chi connectivity index (χ3v) is 2.39. The third-order valence-electron chi connectivity index (χ3n) is 2.18. The maximum absolute atomic E-state index is 5.75. The Morgan fingerprint density at radius 2 is 2.21 bits per heavy atom. The SMILES string of the molecule is Clc1ccnc(NC2CCOCC2)n1. The van der Waals surface area contributed by atoms with E-state index in [4.69, 9.17) is 16.3 Å². The van der Waals surface area contributed by atoms with Gasteiger partial charge in [0.1, 0.15) is 5.15 Å². The lowest BCUT2D eigenvalue weighted by Crippen LogP contribution is -2.28. The molecule has 0 saturated carbocycles.